The van der Waals surface area contributed by atoms with E-state index in [1.807, 2.05) is 0 Å². The van der Waals surface area contributed by atoms with Crippen molar-refractivity contribution in [1.29, 1.82) is 0 Å². The maximum absolute atomic E-state index is 3.54. The summed E-state index contributed by atoms with van der Waals surface area (Å²) in [6.45, 7) is 4.39. The molecule has 2 heterocycles. The van der Waals surface area contributed by atoms with Crippen LogP contribution < -0.4 is 5.32 Å². The van der Waals surface area contributed by atoms with Gasteiger partial charge in [-0.15, -0.1) is 0 Å². The molecule has 124 valence electrons. The van der Waals surface area contributed by atoms with E-state index in [1.165, 1.54) is 42.8 Å². The van der Waals surface area contributed by atoms with Crippen molar-refractivity contribution >= 4 is 5.70 Å². The maximum atomic E-state index is 3.54. The van der Waals surface area contributed by atoms with Gasteiger partial charge in [0, 0.05) is 31.9 Å². The summed E-state index contributed by atoms with van der Waals surface area (Å²) in [5, 5.41) is 3.54. The van der Waals surface area contributed by atoms with Crippen LogP contribution in [0.15, 0.2) is 66.9 Å². The van der Waals surface area contributed by atoms with Crippen molar-refractivity contribution in [1.82, 2.24) is 15.1 Å². The van der Waals surface area contributed by atoms with Crippen LogP contribution in [0.4, 0.5) is 0 Å². The molecule has 0 bridgehead atoms. The van der Waals surface area contributed by atoms with Crippen LogP contribution in [0.3, 0.4) is 0 Å². The first-order valence-electron chi connectivity index (χ1n) is 8.91. The van der Waals surface area contributed by atoms with E-state index in [4.69, 9.17) is 0 Å². The SMILES string of the molecule is C1=C(c2ccccc2)NCN1C1CCN(Cc2ccccc2)CC1. The van der Waals surface area contributed by atoms with Crippen LogP contribution in [0.1, 0.15) is 24.0 Å². The summed E-state index contributed by atoms with van der Waals surface area (Å²) in [4.78, 5) is 5.07. The Kier molecular flexibility index (Phi) is 4.52. The molecule has 0 radical (unpaired) electrons. The Morgan fingerprint density at radius 1 is 0.875 bits per heavy atom. The van der Waals surface area contributed by atoms with Gasteiger partial charge in [-0.1, -0.05) is 60.7 Å². The Balaban J connectivity index is 1.33. The molecule has 0 atom stereocenters. The summed E-state index contributed by atoms with van der Waals surface area (Å²) in [7, 11) is 0. The van der Waals surface area contributed by atoms with Crippen molar-refractivity contribution in [3.05, 3.63) is 78.0 Å². The van der Waals surface area contributed by atoms with E-state index in [0.717, 1.165) is 13.2 Å². The van der Waals surface area contributed by atoms with Crippen molar-refractivity contribution < 1.29 is 0 Å². The quantitative estimate of drug-likeness (QED) is 0.930. The Morgan fingerprint density at radius 3 is 2.25 bits per heavy atom. The lowest BCUT2D eigenvalue weighted by molar-refractivity contribution is 0.139. The molecule has 1 saturated heterocycles. The first kappa shape index (κ1) is 15.3. The number of benzene rings is 2. The molecule has 24 heavy (non-hydrogen) atoms. The highest BCUT2D eigenvalue weighted by Gasteiger charge is 2.25. The van der Waals surface area contributed by atoms with E-state index in [-0.39, 0.29) is 0 Å². The van der Waals surface area contributed by atoms with Crippen molar-refractivity contribution in [2.24, 2.45) is 0 Å². The molecule has 1 fully saturated rings. The Labute approximate surface area is 144 Å². The molecule has 3 heteroatoms. The molecule has 0 aromatic heterocycles. The minimum absolute atomic E-state index is 0.658. The highest BCUT2D eigenvalue weighted by Crippen LogP contribution is 2.24. The maximum Gasteiger partial charge on any atom is 0.0875 e. The van der Waals surface area contributed by atoms with E-state index < -0.39 is 0 Å². The largest absolute Gasteiger partial charge is 0.366 e. The van der Waals surface area contributed by atoms with E-state index >= 15 is 0 Å². The van der Waals surface area contributed by atoms with Crippen LogP contribution in [-0.2, 0) is 6.54 Å². The predicted octanol–water partition coefficient (Wildman–Crippen LogP) is 3.51. The zero-order chi connectivity index (χ0) is 16.2. The highest BCUT2D eigenvalue weighted by molar-refractivity contribution is 5.64. The van der Waals surface area contributed by atoms with E-state index in [2.05, 4.69) is 82.0 Å². The van der Waals surface area contributed by atoms with E-state index in [9.17, 15) is 0 Å². The number of hydrogen-bond acceptors (Lipinski definition) is 3. The van der Waals surface area contributed by atoms with Crippen LogP contribution in [-0.4, -0.2) is 35.6 Å². The third kappa shape index (κ3) is 3.46. The van der Waals surface area contributed by atoms with Crippen molar-refractivity contribution in [2.75, 3.05) is 19.8 Å². The summed E-state index contributed by atoms with van der Waals surface area (Å²) in [5.41, 5.74) is 3.95. The molecule has 2 aliphatic rings. The molecule has 0 saturated carbocycles. The van der Waals surface area contributed by atoms with Gasteiger partial charge in [0.1, 0.15) is 0 Å². The monoisotopic (exact) mass is 319 g/mol. The second-order valence-electron chi connectivity index (χ2n) is 6.75. The minimum Gasteiger partial charge on any atom is -0.366 e. The van der Waals surface area contributed by atoms with E-state index in [1.54, 1.807) is 0 Å². The molecule has 2 aliphatic heterocycles. The molecule has 3 nitrogen and oxygen atoms in total. The van der Waals surface area contributed by atoms with Crippen LogP contribution in [0, 0.1) is 0 Å². The lowest BCUT2D eigenvalue weighted by Gasteiger charge is -2.36. The third-order valence-electron chi connectivity index (χ3n) is 5.11. The van der Waals surface area contributed by atoms with Crippen LogP contribution in [0.5, 0.6) is 0 Å². The van der Waals surface area contributed by atoms with Crippen LogP contribution in [0.2, 0.25) is 0 Å². The number of nitrogens with zero attached hydrogens (tertiary/aromatic N) is 2. The first-order valence-corrected chi connectivity index (χ1v) is 8.91. The van der Waals surface area contributed by atoms with Gasteiger partial charge in [0.05, 0.1) is 12.4 Å². The smallest absolute Gasteiger partial charge is 0.0875 e. The molecule has 0 spiro atoms. The number of likely N-dealkylation sites (tertiary alicyclic amines) is 1. The van der Waals surface area contributed by atoms with Gasteiger partial charge < -0.3 is 10.2 Å². The Morgan fingerprint density at radius 2 is 1.54 bits per heavy atom. The van der Waals surface area contributed by atoms with Gasteiger partial charge in [-0.05, 0) is 24.0 Å². The topological polar surface area (TPSA) is 18.5 Å². The lowest BCUT2D eigenvalue weighted by atomic mass is 10.0. The summed E-state index contributed by atoms with van der Waals surface area (Å²) in [5.74, 6) is 0. The average molecular weight is 319 g/mol. The molecule has 4 rings (SSSR count). The lowest BCUT2D eigenvalue weighted by Crippen LogP contribution is -2.43. The fourth-order valence-corrected chi connectivity index (χ4v) is 3.71. The minimum atomic E-state index is 0.658. The number of rotatable bonds is 4. The normalized spacial score (nSPS) is 19.2. The molecule has 1 N–H and O–H groups in total. The zero-order valence-corrected chi connectivity index (χ0v) is 14.1. The van der Waals surface area contributed by atoms with Gasteiger partial charge in [-0.3, -0.25) is 4.90 Å². The molecule has 0 aliphatic carbocycles. The molecule has 2 aromatic carbocycles. The number of piperidine rings is 1. The van der Waals surface area contributed by atoms with Gasteiger partial charge in [0.15, 0.2) is 0 Å². The summed E-state index contributed by atoms with van der Waals surface area (Å²) < 4.78 is 0. The Bertz CT molecular complexity index is 673. The van der Waals surface area contributed by atoms with Crippen molar-refractivity contribution in [2.45, 2.75) is 25.4 Å². The molecular weight excluding hydrogens is 294 g/mol. The fraction of sp³-hybridized carbons (Fsp3) is 0.333. The van der Waals surface area contributed by atoms with E-state index in [0.29, 0.717) is 6.04 Å². The van der Waals surface area contributed by atoms with Crippen molar-refractivity contribution in [3.8, 4) is 0 Å². The zero-order valence-electron chi connectivity index (χ0n) is 14.1. The van der Waals surface area contributed by atoms with Gasteiger partial charge in [0.2, 0.25) is 0 Å². The summed E-state index contributed by atoms with van der Waals surface area (Å²) >= 11 is 0. The molecular formula is C21H25N3. The third-order valence-corrected chi connectivity index (χ3v) is 5.11. The fourth-order valence-electron chi connectivity index (χ4n) is 3.71. The van der Waals surface area contributed by atoms with Gasteiger partial charge in [-0.25, -0.2) is 0 Å². The number of hydrogen-bond donors (Lipinski definition) is 1. The second kappa shape index (κ2) is 7.10. The van der Waals surface area contributed by atoms with Crippen molar-refractivity contribution in [3.63, 3.8) is 0 Å². The summed E-state index contributed by atoms with van der Waals surface area (Å²) in [6.07, 6.45) is 4.80. The molecule has 0 unspecified atom stereocenters. The van der Waals surface area contributed by atoms with Gasteiger partial charge in [0.25, 0.3) is 0 Å². The summed E-state index contributed by atoms with van der Waals surface area (Å²) in [6, 6.07) is 22.1. The van der Waals surface area contributed by atoms with Crippen LogP contribution >= 0.6 is 0 Å². The standard InChI is InChI=1S/C21H25N3/c1-3-7-18(8-4-1)15-23-13-11-20(12-14-23)24-16-21(22-17-24)19-9-5-2-6-10-19/h1-10,16,20,22H,11-15,17H2. The van der Waals surface area contributed by atoms with Gasteiger partial charge >= 0.3 is 0 Å². The average Bonchev–Trinajstić information content (AvgIpc) is 3.14. The number of nitrogens with one attached hydrogen (secondary N) is 1. The molecule has 2 aromatic rings. The molecule has 0 amide bonds. The highest BCUT2D eigenvalue weighted by atomic mass is 15.3. The second-order valence-corrected chi connectivity index (χ2v) is 6.75. The Hall–Kier alpha value is -2.26. The first-order chi connectivity index (χ1) is 11.9. The predicted molar refractivity (Wildman–Crippen MR) is 99.0 cm³/mol. The van der Waals surface area contributed by atoms with Crippen LogP contribution in [0.25, 0.3) is 5.70 Å². The van der Waals surface area contributed by atoms with Gasteiger partial charge in [-0.2, -0.15) is 0 Å².